The van der Waals surface area contributed by atoms with Gasteiger partial charge in [0.15, 0.2) is 0 Å². The molecule has 0 bridgehead atoms. The van der Waals surface area contributed by atoms with Gasteiger partial charge in [-0.1, -0.05) is 12.8 Å². The van der Waals surface area contributed by atoms with Crippen molar-refractivity contribution in [1.82, 2.24) is 23.8 Å². The summed E-state index contributed by atoms with van der Waals surface area (Å²) < 4.78 is 27.2. The van der Waals surface area contributed by atoms with Crippen LogP contribution in [0.15, 0.2) is 30.7 Å². The van der Waals surface area contributed by atoms with E-state index in [1.807, 2.05) is 24.5 Å². The predicted molar refractivity (Wildman–Crippen MR) is 126 cm³/mol. The minimum absolute atomic E-state index is 0.493. The predicted octanol–water partition coefficient (Wildman–Crippen LogP) is 3.08. The Morgan fingerprint density at radius 1 is 1.03 bits per heavy atom. The number of hydrogen-bond donors (Lipinski definition) is 1. The SMILES string of the molecule is Cc1cn(C2CCCC2)c2nc(Nc3ccc(N4CCN(S(C)(=O)=O)CC4)cn3)ncc12. The summed E-state index contributed by atoms with van der Waals surface area (Å²) in [4.78, 5) is 16.0. The standard InChI is InChI=1S/C22H29N7O2S/c1-16-15-29(17-5-3-4-6-17)21-19(16)14-24-22(26-21)25-20-8-7-18(13-23-20)27-9-11-28(12-10-27)32(2,30)31/h7-8,13-15,17H,3-6,9-12H2,1-2H3,(H,23,24,25,26). The Hall–Kier alpha value is -2.72. The highest BCUT2D eigenvalue weighted by Crippen LogP contribution is 2.33. The van der Waals surface area contributed by atoms with Crippen LogP contribution < -0.4 is 10.2 Å². The van der Waals surface area contributed by atoms with Gasteiger partial charge >= 0.3 is 0 Å². The fraction of sp³-hybridized carbons (Fsp3) is 0.500. The van der Waals surface area contributed by atoms with Crippen LogP contribution in [0.3, 0.4) is 0 Å². The summed E-state index contributed by atoms with van der Waals surface area (Å²) in [6, 6.07) is 4.43. The van der Waals surface area contributed by atoms with Crippen LogP contribution in [0.25, 0.3) is 11.0 Å². The van der Waals surface area contributed by atoms with Crippen LogP contribution in [0.2, 0.25) is 0 Å². The summed E-state index contributed by atoms with van der Waals surface area (Å²) in [7, 11) is -3.13. The summed E-state index contributed by atoms with van der Waals surface area (Å²) in [5.41, 5.74) is 3.16. The minimum atomic E-state index is -3.13. The molecule has 0 aromatic carbocycles. The fourth-order valence-corrected chi connectivity index (χ4v) is 5.57. The summed E-state index contributed by atoms with van der Waals surface area (Å²) in [5, 5.41) is 4.32. The molecular weight excluding hydrogens is 426 g/mol. The number of hydrogen-bond acceptors (Lipinski definition) is 7. The molecule has 0 unspecified atom stereocenters. The maximum Gasteiger partial charge on any atom is 0.230 e. The van der Waals surface area contributed by atoms with Gasteiger partial charge in [0.05, 0.1) is 18.1 Å². The third-order valence-electron chi connectivity index (χ3n) is 6.55. The van der Waals surface area contributed by atoms with Crippen LogP contribution in [0.5, 0.6) is 0 Å². The quantitative estimate of drug-likeness (QED) is 0.631. The van der Waals surface area contributed by atoms with Gasteiger partial charge in [-0.25, -0.2) is 18.4 Å². The van der Waals surface area contributed by atoms with Gasteiger partial charge in [0.2, 0.25) is 16.0 Å². The van der Waals surface area contributed by atoms with Gasteiger partial charge in [0, 0.05) is 50.0 Å². The number of pyridine rings is 1. The van der Waals surface area contributed by atoms with Crippen molar-refractivity contribution in [1.29, 1.82) is 0 Å². The molecule has 0 spiro atoms. The largest absolute Gasteiger partial charge is 0.368 e. The number of sulfonamides is 1. The van der Waals surface area contributed by atoms with Gasteiger partial charge in [-0.3, -0.25) is 0 Å². The number of piperazine rings is 1. The van der Waals surface area contributed by atoms with Crippen LogP contribution in [0, 0.1) is 6.92 Å². The molecule has 2 aliphatic rings. The van der Waals surface area contributed by atoms with E-state index in [9.17, 15) is 8.42 Å². The smallest absolute Gasteiger partial charge is 0.230 e. The first-order valence-electron chi connectivity index (χ1n) is 11.2. The molecule has 0 radical (unpaired) electrons. The number of nitrogens with one attached hydrogen (secondary N) is 1. The Balaban J connectivity index is 1.30. The van der Waals surface area contributed by atoms with Crippen LogP contribution >= 0.6 is 0 Å². The zero-order valence-electron chi connectivity index (χ0n) is 18.5. The first kappa shape index (κ1) is 21.1. The van der Waals surface area contributed by atoms with Crippen molar-refractivity contribution in [3.05, 3.63) is 36.3 Å². The molecule has 1 saturated heterocycles. The molecule has 4 heterocycles. The molecule has 1 N–H and O–H groups in total. The Kier molecular flexibility index (Phi) is 5.50. The second kappa shape index (κ2) is 8.32. The maximum atomic E-state index is 11.7. The van der Waals surface area contributed by atoms with Crippen LogP contribution in [0.4, 0.5) is 17.5 Å². The van der Waals surface area contributed by atoms with E-state index >= 15 is 0 Å². The molecule has 1 saturated carbocycles. The van der Waals surface area contributed by atoms with Gasteiger partial charge in [-0.2, -0.15) is 9.29 Å². The van der Waals surface area contributed by atoms with Crippen molar-refractivity contribution >= 4 is 38.5 Å². The molecular formula is C22H29N7O2S. The van der Waals surface area contributed by atoms with Gasteiger partial charge in [0.25, 0.3) is 0 Å². The molecule has 2 fully saturated rings. The summed E-state index contributed by atoms with van der Waals surface area (Å²) in [5.74, 6) is 1.22. The van der Waals surface area contributed by atoms with E-state index in [0.717, 1.165) is 16.7 Å². The molecule has 0 atom stereocenters. The average molecular weight is 456 g/mol. The first-order chi connectivity index (χ1) is 15.4. The van der Waals surface area contributed by atoms with E-state index in [1.165, 1.54) is 41.8 Å². The lowest BCUT2D eigenvalue weighted by atomic mass is 10.2. The van der Waals surface area contributed by atoms with Crippen LogP contribution in [0.1, 0.15) is 37.3 Å². The Morgan fingerprint density at radius 3 is 2.44 bits per heavy atom. The topological polar surface area (TPSA) is 96.2 Å². The number of aryl methyl sites for hydroxylation is 1. The number of fused-ring (bicyclic) bond motifs is 1. The van der Waals surface area contributed by atoms with Gasteiger partial charge in [0.1, 0.15) is 11.5 Å². The third kappa shape index (κ3) is 4.16. The van der Waals surface area contributed by atoms with E-state index in [4.69, 9.17) is 4.98 Å². The van der Waals surface area contributed by atoms with E-state index in [1.54, 1.807) is 0 Å². The van der Waals surface area contributed by atoms with Gasteiger partial charge in [-0.15, -0.1) is 0 Å². The van der Waals surface area contributed by atoms with Crippen LogP contribution in [-0.4, -0.2) is 64.7 Å². The van der Waals surface area contributed by atoms with Crippen molar-refractivity contribution in [2.45, 2.75) is 38.6 Å². The summed E-state index contributed by atoms with van der Waals surface area (Å²) in [6.07, 6.45) is 12.1. The lowest BCUT2D eigenvalue weighted by molar-refractivity contribution is 0.388. The molecule has 32 heavy (non-hydrogen) atoms. The van der Waals surface area contributed by atoms with E-state index < -0.39 is 10.0 Å². The highest BCUT2D eigenvalue weighted by Gasteiger charge is 2.24. The molecule has 9 nitrogen and oxygen atoms in total. The normalized spacial score (nSPS) is 18.5. The van der Waals surface area contributed by atoms with Crippen molar-refractivity contribution in [2.75, 3.05) is 42.7 Å². The minimum Gasteiger partial charge on any atom is -0.368 e. The molecule has 5 rings (SSSR count). The molecule has 1 aliphatic heterocycles. The first-order valence-corrected chi connectivity index (χ1v) is 13.0. The van der Waals surface area contributed by atoms with E-state index in [2.05, 4.69) is 37.9 Å². The van der Waals surface area contributed by atoms with Gasteiger partial charge < -0.3 is 14.8 Å². The highest BCUT2D eigenvalue weighted by molar-refractivity contribution is 7.88. The second-order valence-corrected chi connectivity index (χ2v) is 10.7. The molecule has 3 aromatic heterocycles. The van der Waals surface area contributed by atoms with Crippen molar-refractivity contribution in [3.8, 4) is 0 Å². The number of aromatic nitrogens is 4. The fourth-order valence-electron chi connectivity index (χ4n) is 4.75. The van der Waals surface area contributed by atoms with Crippen molar-refractivity contribution in [2.24, 2.45) is 0 Å². The third-order valence-corrected chi connectivity index (χ3v) is 7.85. The molecule has 170 valence electrons. The van der Waals surface area contributed by atoms with Crippen molar-refractivity contribution < 1.29 is 8.42 Å². The average Bonchev–Trinajstić information content (AvgIpc) is 3.42. The maximum absolute atomic E-state index is 11.7. The molecule has 1 aliphatic carbocycles. The number of rotatable bonds is 5. The highest BCUT2D eigenvalue weighted by atomic mass is 32.2. The molecule has 10 heteroatoms. The lowest BCUT2D eigenvalue weighted by Gasteiger charge is -2.34. The second-order valence-electron chi connectivity index (χ2n) is 8.76. The zero-order valence-corrected chi connectivity index (χ0v) is 19.3. The van der Waals surface area contributed by atoms with E-state index in [0.29, 0.717) is 44.0 Å². The van der Waals surface area contributed by atoms with Gasteiger partial charge in [-0.05, 0) is 37.5 Å². The Bertz CT molecular complexity index is 1210. The number of nitrogens with zero attached hydrogens (tertiary/aromatic N) is 6. The summed E-state index contributed by atoms with van der Waals surface area (Å²) >= 11 is 0. The Morgan fingerprint density at radius 2 is 1.78 bits per heavy atom. The summed E-state index contributed by atoms with van der Waals surface area (Å²) in [6.45, 7) is 4.40. The molecule has 3 aromatic rings. The van der Waals surface area contributed by atoms with Crippen molar-refractivity contribution in [3.63, 3.8) is 0 Å². The monoisotopic (exact) mass is 455 g/mol. The van der Waals surface area contributed by atoms with Crippen LogP contribution in [-0.2, 0) is 10.0 Å². The Labute approximate surface area is 188 Å². The zero-order chi connectivity index (χ0) is 22.3. The number of anilines is 3. The lowest BCUT2D eigenvalue weighted by Crippen LogP contribution is -2.48. The van der Waals surface area contributed by atoms with E-state index in [-0.39, 0.29) is 0 Å². The molecule has 0 amide bonds.